The molecule has 102 valence electrons. The van der Waals surface area contributed by atoms with Gasteiger partial charge in [0.25, 0.3) is 0 Å². The number of amides is 3. The molecule has 8 heteroatoms. The van der Waals surface area contributed by atoms with E-state index < -0.39 is 23.3 Å². The van der Waals surface area contributed by atoms with Crippen LogP contribution < -0.4 is 16.4 Å². The van der Waals surface area contributed by atoms with E-state index in [1.165, 1.54) is 0 Å². The highest BCUT2D eigenvalue weighted by Crippen LogP contribution is 2.45. The summed E-state index contributed by atoms with van der Waals surface area (Å²) in [6.07, 6.45) is 1.18. The number of carbonyl (C=O) groups excluding carboxylic acids is 2. The number of nitrogens with one attached hydrogen (secondary N) is 2. The van der Waals surface area contributed by atoms with Crippen LogP contribution in [0.1, 0.15) is 12.8 Å². The molecule has 8 nitrogen and oxygen atoms in total. The molecule has 0 aromatic rings. The molecule has 0 radical (unpaired) electrons. The van der Waals surface area contributed by atoms with Gasteiger partial charge in [0.15, 0.2) is 0 Å². The second-order valence-electron chi connectivity index (χ2n) is 4.21. The number of rotatable bonds is 8. The van der Waals surface area contributed by atoms with Gasteiger partial charge >= 0.3 is 12.0 Å². The lowest BCUT2D eigenvalue weighted by Crippen LogP contribution is -2.41. The van der Waals surface area contributed by atoms with Crippen molar-refractivity contribution in [1.29, 1.82) is 0 Å². The van der Waals surface area contributed by atoms with Crippen LogP contribution in [-0.2, 0) is 14.3 Å². The van der Waals surface area contributed by atoms with Crippen LogP contribution in [0.25, 0.3) is 0 Å². The molecule has 1 aliphatic carbocycles. The summed E-state index contributed by atoms with van der Waals surface area (Å²) in [4.78, 5) is 32.4. The molecule has 0 unspecified atom stereocenters. The fourth-order valence-electron chi connectivity index (χ4n) is 1.34. The van der Waals surface area contributed by atoms with E-state index in [4.69, 9.17) is 15.6 Å². The number of nitrogens with two attached hydrogens (primary N) is 1. The van der Waals surface area contributed by atoms with Crippen LogP contribution >= 0.6 is 0 Å². The average molecular weight is 259 g/mol. The molecule has 0 spiro atoms. The number of primary amides is 1. The normalized spacial score (nSPS) is 15.8. The number of carboxylic acids is 1. The molecule has 0 aromatic carbocycles. The smallest absolute Gasteiger partial charge is 0.314 e. The molecule has 3 amide bonds. The van der Waals surface area contributed by atoms with E-state index in [1.54, 1.807) is 0 Å². The maximum absolute atomic E-state index is 11.3. The van der Waals surface area contributed by atoms with Gasteiger partial charge in [-0.15, -0.1) is 0 Å². The number of ether oxygens (including phenoxy) is 1. The molecule has 1 aliphatic rings. The third-order valence-corrected chi connectivity index (χ3v) is 2.67. The lowest BCUT2D eigenvalue weighted by atomic mass is 10.1. The lowest BCUT2D eigenvalue weighted by Gasteiger charge is -2.11. The van der Waals surface area contributed by atoms with Crippen molar-refractivity contribution in [2.45, 2.75) is 12.8 Å². The van der Waals surface area contributed by atoms with Crippen molar-refractivity contribution in [3.8, 4) is 0 Å². The molecule has 1 fully saturated rings. The minimum Gasteiger partial charge on any atom is -0.481 e. The van der Waals surface area contributed by atoms with Gasteiger partial charge in [0.1, 0.15) is 6.61 Å². The highest BCUT2D eigenvalue weighted by atomic mass is 16.5. The van der Waals surface area contributed by atoms with E-state index in [9.17, 15) is 14.4 Å². The summed E-state index contributed by atoms with van der Waals surface area (Å²) < 4.78 is 4.83. The topological polar surface area (TPSA) is 131 Å². The van der Waals surface area contributed by atoms with E-state index >= 15 is 0 Å². The van der Waals surface area contributed by atoms with Gasteiger partial charge in [0.2, 0.25) is 5.91 Å². The third kappa shape index (κ3) is 4.58. The Labute approximate surface area is 104 Å². The first-order valence-corrected chi connectivity index (χ1v) is 5.57. The standard InChI is InChI=1S/C10H17N3O5/c11-7(14)5-18-4-3-12-9(17)13-6-10(1-2-10)8(15)16/h1-6H2,(H2,11,14)(H,15,16)(H2,12,13,17). The zero-order valence-corrected chi connectivity index (χ0v) is 9.90. The Morgan fingerprint density at radius 1 is 1.28 bits per heavy atom. The molecule has 0 heterocycles. The predicted molar refractivity (Wildman–Crippen MR) is 60.7 cm³/mol. The molecule has 0 atom stereocenters. The van der Waals surface area contributed by atoms with Gasteiger partial charge in [0, 0.05) is 13.1 Å². The molecular weight excluding hydrogens is 242 g/mol. The van der Waals surface area contributed by atoms with Crippen molar-refractivity contribution < 1.29 is 24.2 Å². The summed E-state index contributed by atoms with van der Waals surface area (Å²) >= 11 is 0. The summed E-state index contributed by atoms with van der Waals surface area (Å²) in [6, 6.07) is -0.454. The Hall–Kier alpha value is -1.83. The van der Waals surface area contributed by atoms with Gasteiger partial charge in [-0.3, -0.25) is 9.59 Å². The van der Waals surface area contributed by atoms with Gasteiger partial charge in [-0.2, -0.15) is 0 Å². The zero-order chi connectivity index (χ0) is 13.6. The zero-order valence-electron chi connectivity index (χ0n) is 9.90. The van der Waals surface area contributed by atoms with Gasteiger partial charge in [-0.1, -0.05) is 0 Å². The SMILES string of the molecule is NC(=O)COCCNC(=O)NCC1(C(=O)O)CC1. The highest BCUT2D eigenvalue weighted by molar-refractivity contribution is 5.80. The minimum absolute atomic E-state index is 0.121. The quantitative estimate of drug-likeness (QED) is 0.400. The van der Waals surface area contributed by atoms with E-state index in [0.717, 1.165) is 0 Å². The Balaban J connectivity index is 2.04. The number of carbonyl (C=O) groups is 3. The van der Waals surface area contributed by atoms with E-state index in [0.29, 0.717) is 12.8 Å². The first kappa shape index (κ1) is 14.2. The van der Waals surface area contributed by atoms with E-state index in [1.807, 2.05) is 0 Å². The molecule has 0 saturated heterocycles. The Kier molecular flexibility index (Phi) is 4.90. The van der Waals surface area contributed by atoms with Crippen LogP contribution in [0.15, 0.2) is 0 Å². The number of hydrogen-bond donors (Lipinski definition) is 4. The van der Waals surface area contributed by atoms with E-state index in [-0.39, 0.29) is 26.3 Å². The first-order valence-electron chi connectivity index (χ1n) is 5.57. The van der Waals surface area contributed by atoms with Gasteiger partial charge in [0.05, 0.1) is 12.0 Å². The molecule has 1 saturated carbocycles. The van der Waals surface area contributed by atoms with Crippen LogP contribution in [0.3, 0.4) is 0 Å². The van der Waals surface area contributed by atoms with E-state index in [2.05, 4.69) is 10.6 Å². The molecule has 0 aromatic heterocycles. The molecule has 18 heavy (non-hydrogen) atoms. The van der Waals surface area contributed by atoms with Crippen molar-refractivity contribution in [3.63, 3.8) is 0 Å². The summed E-state index contributed by atoms with van der Waals surface area (Å²) in [5.41, 5.74) is 4.07. The van der Waals surface area contributed by atoms with Crippen molar-refractivity contribution >= 4 is 17.9 Å². The Morgan fingerprint density at radius 3 is 2.44 bits per heavy atom. The molecule has 0 bridgehead atoms. The second-order valence-corrected chi connectivity index (χ2v) is 4.21. The largest absolute Gasteiger partial charge is 0.481 e. The molecule has 0 aliphatic heterocycles. The van der Waals surface area contributed by atoms with Crippen molar-refractivity contribution in [1.82, 2.24) is 10.6 Å². The van der Waals surface area contributed by atoms with Crippen molar-refractivity contribution in [2.75, 3.05) is 26.3 Å². The highest BCUT2D eigenvalue weighted by Gasteiger charge is 2.50. The van der Waals surface area contributed by atoms with Gasteiger partial charge in [-0.05, 0) is 12.8 Å². The number of urea groups is 1. The van der Waals surface area contributed by atoms with Crippen molar-refractivity contribution in [2.24, 2.45) is 11.1 Å². The van der Waals surface area contributed by atoms with Gasteiger partial charge < -0.3 is 26.2 Å². The predicted octanol–water partition coefficient (Wildman–Crippen LogP) is -1.35. The average Bonchev–Trinajstić information content (AvgIpc) is 3.06. The molecule has 5 N–H and O–H groups in total. The monoisotopic (exact) mass is 259 g/mol. The minimum atomic E-state index is -0.882. The Bertz CT molecular complexity index is 340. The summed E-state index contributed by atoms with van der Waals surface area (Å²) in [5, 5.41) is 13.8. The maximum Gasteiger partial charge on any atom is 0.314 e. The van der Waals surface area contributed by atoms with Crippen LogP contribution in [0, 0.1) is 5.41 Å². The van der Waals surface area contributed by atoms with Crippen LogP contribution in [0.5, 0.6) is 0 Å². The summed E-state index contributed by atoms with van der Waals surface area (Å²) in [5.74, 6) is -1.45. The number of carboxylic acid groups (broad SMARTS) is 1. The molecular formula is C10H17N3O5. The third-order valence-electron chi connectivity index (χ3n) is 2.67. The Morgan fingerprint density at radius 2 is 1.94 bits per heavy atom. The van der Waals surface area contributed by atoms with Crippen molar-refractivity contribution in [3.05, 3.63) is 0 Å². The van der Waals surface area contributed by atoms with Gasteiger partial charge in [-0.25, -0.2) is 4.79 Å². The fraction of sp³-hybridized carbons (Fsp3) is 0.700. The van der Waals surface area contributed by atoms with Crippen LogP contribution in [-0.4, -0.2) is 49.3 Å². The second kappa shape index (κ2) is 6.20. The maximum atomic E-state index is 11.3. The number of aliphatic carboxylic acids is 1. The lowest BCUT2D eigenvalue weighted by molar-refractivity contribution is -0.143. The number of hydrogen-bond acceptors (Lipinski definition) is 4. The fourth-order valence-corrected chi connectivity index (χ4v) is 1.34. The summed E-state index contributed by atoms with van der Waals surface area (Å²) in [6.45, 7) is 0.321. The molecule has 1 rings (SSSR count). The first-order chi connectivity index (χ1) is 8.46. The summed E-state index contributed by atoms with van der Waals surface area (Å²) in [7, 11) is 0. The van der Waals surface area contributed by atoms with Crippen LogP contribution in [0.4, 0.5) is 4.79 Å². The van der Waals surface area contributed by atoms with Crippen LogP contribution in [0.2, 0.25) is 0 Å².